The average Bonchev–Trinajstić information content (AvgIpc) is 3.35. The Kier molecular flexibility index (Phi) is 6.55. The molecule has 0 bridgehead atoms. The Balaban J connectivity index is 1.78. The molecule has 8 heteroatoms. The summed E-state index contributed by atoms with van der Waals surface area (Å²) in [6.45, 7) is 6.44. The summed E-state index contributed by atoms with van der Waals surface area (Å²) >= 11 is 1.22. The first-order chi connectivity index (χ1) is 15.9. The summed E-state index contributed by atoms with van der Waals surface area (Å²) in [5.41, 5.74) is 2.20. The highest BCUT2D eigenvalue weighted by atomic mass is 32.1. The lowest BCUT2D eigenvalue weighted by Crippen LogP contribution is -2.29. The van der Waals surface area contributed by atoms with Gasteiger partial charge in [0.15, 0.2) is 0 Å². The second-order valence-corrected chi connectivity index (χ2v) is 9.07. The summed E-state index contributed by atoms with van der Waals surface area (Å²) in [6, 6.07) is 13.6. The van der Waals surface area contributed by atoms with Gasteiger partial charge < -0.3 is 9.84 Å². The topological polar surface area (TPSA) is 92.6 Å². The Labute approximate surface area is 196 Å². The van der Waals surface area contributed by atoms with Crippen LogP contribution in [0.1, 0.15) is 47.5 Å². The van der Waals surface area contributed by atoms with Crippen molar-refractivity contribution in [1.82, 2.24) is 10.2 Å². The number of carbonyl (C=O) groups excluding carboxylic acids is 2. The van der Waals surface area contributed by atoms with Crippen molar-refractivity contribution in [3.05, 3.63) is 75.8 Å². The molecule has 7 nitrogen and oxygen atoms in total. The molecule has 0 aliphatic carbocycles. The van der Waals surface area contributed by atoms with Gasteiger partial charge in [0.1, 0.15) is 16.5 Å². The van der Waals surface area contributed by atoms with Gasteiger partial charge in [-0.3, -0.25) is 14.5 Å². The van der Waals surface area contributed by atoms with Crippen molar-refractivity contribution >= 4 is 33.9 Å². The Bertz CT molecular complexity index is 1200. The Morgan fingerprint density at radius 3 is 2.36 bits per heavy atom. The first-order valence-corrected chi connectivity index (χ1v) is 11.6. The zero-order valence-electron chi connectivity index (χ0n) is 18.7. The van der Waals surface area contributed by atoms with Crippen LogP contribution in [0.4, 0.5) is 5.13 Å². The van der Waals surface area contributed by atoms with Crippen LogP contribution in [-0.2, 0) is 9.59 Å². The molecule has 1 aliphatic rings. The number of benzene rings is 2. The Morgan fingerprint density at radius 1 is 1.06 bits per heavy atom. The molecule has 3 aromatic rings. The Morgan fingerprint density at radius 2 is 1.76 bits per heavy atom. The predicted molar refractivity (Wildman–Crippen MR) is 127 cm³/mol. The molecule has 1 aliphatic heterocycles. The van der Waals surface area contributed by atoms with Crippen molar-refractivity contribution in [1.29, 1.82) is 0 Å². The van der Waals surface area contributed by atoms with Crippen molar-refractivity contribution in [2.45, 2.75) is 39.7 Å². The van der Waals surface area contributed by atoms with Gasteiger partial charge in [-0.2, -0.15) is 0 Å². The van der Waals surface area contributed by atoms with Crippen LogP contribution in [0.2, 0.25) is 0 Å². The highest BCUT2D eigenvalue weighted by Gasteiger charge is 2.48. The molecule has 33 heavy (non-hydrogen) atoms. The number of carbonyl (C=O) groups is 2. The van der Waals surface area contributed by atoms with Gasteiger partial charge in [-0.15, -0.1) is 10.2 Å². The fourth-order valence-corrected chi connectivity index (χ4v) is 4.39. The van der Waals surface area contributed by atoms with E-state index in [1.165, 1.54) is 16.2 Å². The zero-order valence-corrected chi connectivity index (χ0v) is 19.6. The molecule has 0 radical (unpaired) electrons. The lowest BCUT2D eigenvalue weighted by Gasteiger charge is -2.22. The van der Waals surface area contributed by atoms with Crippen LogP contribution in [0.25, 0.3) is 5.76 Å². The number of aliphatic hydroxyl groups excluding tert-OH is 1. The van der Waals surface area contributed by atoms with Crippen LogP contribution >= 0.6 is 11.3 Å². The summed E-state index contributed by atoms with van der Waals surface area (Å²) in [5.74, 6) is -1.05. The van der Waals surface area contributed by atoms with Crippen LogP contribution in [-0.4, -0.2) is 33.6 Å². The van der Waals surface area contributed by atoms with Crippen molar-refractivity contribution in [3.63, 3.8) is 0 Å². The molecule has 0 spiro atoms. The summed E-state index contributed by atoms with van der Waals surface area (Å²) in [7, 11) is 0. The highest BCUT2D eigenvalue weighted by molar-refractivity contribution is 7.15. The number of amides is 1. The maximum Gasteiger partial charge on any atom is 0.301 e. The molecule has 2 heterocycles. The number of aromatic nitrogens is 2. The molecule has 1 unspecified atom stereocenters. The minimum Gasteiger partial charge on any atom is -0.507 e. The first kappa shape index (κ1) is 22.7. The fourth-order valence-electron chi connectivity index (χ4n) is 3.68. The fraction of sp³-hybridized carbons (Fsp3) is 0.280. The number of hydrogen-bond acceptors (Lipinski definition) is 7. The van der Waals surface area contributed by atoms with E-state index in [0.29, 0.717) is 33.6 Å². The number of unbranched alkanes of at least 4 members (excludes halogenated alkanes) is 1. The predicted octanol–water partition coefficient (Wildman–Crippen LogP) is 4.96. The zero-order chi connectivity index (χ0) is 23.5. The summed E-state index contributed by atoms with van der Waals surface area (Å²) in [5, 5.41) is 20.3. The van der Waals surface area contributed by atoms with Crippen LogP contribution in [0, 0.1) is 13.8 Å². The van der Waals surface area contributed by atoms with Gasteiger partial charge in [-0.25, -0.2) is 0 Å². The second kappa shape index (κ2) is 9.54. The van der Waals surface area contributed by atoms with E-state index in [1.807, 2.05) is 31.2 Å². The molecule has 1 amide bonds. The van der Waals surface area contributed by atoms with E-state index in [9.17, 15) is 14.7 Å². The minimum atomic E-state index is -0.807. The van der Waals surface area contributed by atoms with Gasteiger partial charge in [-0.05, 0) is 50.1 Å². The summed E-state index contributed by atoms with van der Waals surface area (Å²) in [6.07, 6.45) is 1.99. The number of hydrogen-bond donors (Lipinski definition) is 1. The number of aliphatic hydroxyl groups is 1. The molecule has 1 N–H and O–H groups in total. The number of Topliss-reactive ketones (excluding diaryl/α,β-unsaturated/α-hetero) is 1. The monoisotopic (exact) mass is 463 g/mol. The molecule has 4 rings (SSSR count). The van der Waals surface area contributed by atoms with Gasteiger partial charge in [0, 0.05) is 5.56 Å². The summed E-state index contributed by atoms with van der Waals surface area (Å²) in [4.78, 5) is 27.5. The van der Waals surface area contributed by atoms with E-state index < -0.39 is 17.7 Å². The summed E-state index contributed by atoms with van der Waals surface area (Å²) < 4.78 is 5.68. The maximum atomic E-state index is 13.1. The van der Waals surface area contributed by atoms with E-state index >= 15 is 0 Å². The number of aryl methyl sites for hydroxylation is 2. The van der Waals surface area contributed by atoms with E-state index in [4.69, 9.17) is 4.74 Å². The van der Waals surface area contributed by atoms with Gasteiger partial charge in [0.05, 0.1) is 18.2 Å². The smallest absolute Gasteiger partial charge is 0.301 e. The number of anilines is 1. The maximum absolute atomic E-state index is 13.1. The third kappa shape index (κ3) is 4.52. The van der Waals surface area contributed by atoms with Gasteiger partial charge in [0.25, 0.3) is 5.78 Å². The molecule has 1 fully saturated rings. The molecule has 1 saturated heterocycles. The molecule has 0 saturated carbocycles. The average molecular weight is 464 g/mol. The quantitative estimate of drug-likeness (QED) is 0.230. The van der Waals surface area contributed by atoms with E-state index in [-0.39, 0.29) is 11.3 Å². The third-order valence-electron chi connectivity index (χ3n) is 5.45. The Hall–Kier alpha value is -3.52. The molecular weight excluding hydrogens is 438 g/mol. The molecule has 1 atom stereocenters. The number of nitrogens with zero attached hydrogens (tertiary/aromatic N) is 3. The SMILES string of the molecule is CCCCOc1ccc(/C(O)=C2\C(=O)C(=O)N(c3nnc(C)s3)C2c2ccc(C)cc2)cc1. The van der Waals surface area contributed by atoms with Crippen LogP contribution in [0.5, 0.6) is 5.75 Å². The lowest BCUT2D eigenvalue weighted by atomic mass is 9.95. The number of ketones is 1. The van der Waals surface area contributed by atoms with E-state index in [2.05, 4.69) is 17.1 Å². The second-order valence-electron chi connectivity index (χ2n) is 7.91. The van der Waals surface area contributed by atoms with E-state index in [1.54, 1.807) is 31.2 Å². The highest BCUT2D eigenvalue weighted by Crippen LogP contribution is 2.43. The lowest BCUT2D eigenvalue weighted by molar-refractivity contribution is -0.132. The molecule has 1 aromatic heterocycles. The number of ether oxygens (including phenoxy) is 1. The van der Waals surface area contributed by atoms with Crippen molar-refractivity contribution < 1.29 is 19.4 Å². The van der Waals surface area contributed by atoms with Crippen molar-refractivity contribution in [3.8, 4) is 5.75 Å². The van der Waals surface area contributed by atoms with Gasteiger partial charge >= 0.3 is 5.91 Å². The normalized spacial score (nSPS) is 17.5. The van der Waals surface area contributed by atoms with Gasteiger partial charge in [0.2, 0.25) is 5.13 Å². The molecule has 2 aromatic carbocycles. The van der Waals surface area contributed by atoms with Crippen LogP contribution < -0.4 is 9.64 Å². The molecular formula is C25H25N3O4S. The van der Waals surface area contributed by atoms with Crippen LogP contribution in [0.3, 0.4) is 0 Å². The standard InChI is InChI=1S/C25H25N3O4S/c1-4-5-14-32-19-12-10-18(11-13-19)22(29)20-21(17-8-6-15(2)7-9-17)28(24(31)23(20)30)25-27-26-16(3)33-25/h6-13,21,29H,4-5,14H2,1-3H3/b22-20+. The minimum absolute atomic E-state index is 0.0244. The molecule has 170 valence electrons. The van der Waals surface area contributed by atoms with Gasteiger partial charge in [-0.1, -0.05) is 54.5 Å². The first-order valence-electron chi connectivity index (χ1n) is 10.8. The van der Waals surface area contributed by atoms with Crippen molar-refractivity contribution in [2.24, 2.45) is 0 Å². The van der Waals surface area contributed by atoms with Crippen molar-refractivity contribution in [2.75, 3.05) is 11.5 Å². The number of rotatable bonds is 7. The largest absolute Gasteiger partial charge is 0.507 e. The third-order valence-corrected chi connectivity index (χ3v) is 6.29. The van der Waals surface area contributed by atoms with Crippen LogP contribution in [0.15, 0.2) is 54.1 Å². The van der Waals surface area contributed by atoms with E-state index in [0.717, 1.165) is 18.4 Å².